The maximum atomic E-state index is 4.18. The number of rotatable bonds is 7. The van der Waals surface area contributed by atoms with Gasteiger partial charge < -0.3 is 5.32 Å². The minimum atomic E-state index is 0.506. The van der Waals surface area contributed by atoms with Crippen LogP contribution in [0.25, 0.3) is 0 Å². The first-order valence-electron chi connectivity index (χ1n) is 5.53. The highest BCUT2D eigenvalue weighted by Gasteiger charge is 2.00. The van der Waals surface area contributed by atoms with Crippen LogP contribution in [0.2, 0.25) is 0 Å². The zero-order valence-electron chi connectivity index (χ0n) is 9.24. The molecule has 1 unspecified atom stereocenters. The van der Waals surface area contributed by atoms with Crippen LogP contribution in [-0.4, -0.2) is 22.4 Å². The molecule has 3 heteroatoms. The maximum Gasteiger partial charge on any atom is 0.0559 e. The van der Waals surface area contributed by atoms with Crippen LogP contribution in [0.4, 0.5) is 0 Å². The van der Waals surface area contributed by atoms with Gasteiger partial charge in [-0.15, -0.1) is 0 Å². The molecule has 0 fully saturated rings. The first-order chi connectivity index (χ1) is 6.83. The molecule has 14 heavy (non-hydrogen) atoms. The fourth-order valence-electron chi connectivity index (χ4n) is 1.48. The molecule has 1 aromatic rings. The highest BCUT2D eigenvalue weighted by molar-refractivity contribution is 4.78. The van der Waals surface area contributed by atoms with Gasteiger partial charge in [-0.1, -0.05) is 19.8 Å². The Morgan fingerprint density at radius 1 is 1.43 bits per heavy atom. The van der Waals surface area contributed by atoms with Crippen molar-refractivity contribution < 1.29 is 0 Å². The molecule has 1 aromatic heterocycles. The SMILES string of the molecule is CCCCCNC(C)Cn1cccn1. The van der Waals surface area contributed by atoms with Crippen LogP contribution in [0.3, 0.4) is 0 Å². The van der Waals surface area contributed by atoms with Crippen LogP contribution in [-0.2, 0) is 6.54 Å². The molecule has 0 saturated heterocycles. The second-order valence-corrected chi connectivity index (χ2v) is 3.79. The van der Waals surface area contributed by atoms with E-state index in [4.69, 9.17) is 0 Å². The summed E-state index contributed by atoms with van der Waals surface area (Å²) in [5, 5.41) is 7.67. The quantitative estimate of drug-likeness (QED) is 0.675. The molecular formula is C11H21N3. The third-order valence-electron chi connectivity index (χ3n) is 2.29. The lowest BCUT2D eigenvalue weighted by molar-refractivity contribution is 0.445. The number of nitrogens with zero attached hydrogens (tertiary/aromatic N) is 2. The molecule has 0 aromatic carbocycles. The van der Waals surface area contributed by atoms with E-state index in [9.17, 15) is 0 Å². The summed E-state index contributed by atoms with van der Waals surface area (Å²) < 4.78 is 1.97. The molecule has 0 aliphatic rings. The molecule has 0 aliphatic heterocycles. The molecule has 0 aliphatic carbocycles. The van der Waals surface area contributed by atoms with Crippen molar-refractivity contribution >= 4 is 0 Å². The molecule has 0 saturated carbocycles. The normalized spacial score (nSPS) is 13.0. The monoisotopic (exact) mass is 195 g/mol. The molecule has 1 heterocycles. The van der Waals surface area contributed by atoms with Crippen LogP contribution in [0.5, 0.6) is 0 Å². The van der Waals surface area contributed by atoms with E-state index < -0.39 is 0 Å². The fourth-order valence-corrected chi connectivity index (χ4v) is 1.48. The number of nitrogens with one attached hydrogen (secondary N) is 1. The second-order valence-electron chi connectivity index (χ2n) is 3.79. The Balaban J connectivity index is 2.07. The van der Waals surface area contributed by atoms with Gasteiger partial charge >= 0.3 is 0 Å². The largest absolute Gasteiger partial charge is 0.312 e. The van der Waals surface area contributed by atoms with E-state index in [1.807, 2.05) is 23.1 Å². The number of hydrogen-bond acceptors (Lipinski definition) is 2. The van der Waals surface area contributed by atoms with E-state index >= 15 is 0 Å². The first-order valence-corrected chi connectivity index (χ1v) is 5.53. The van der Waals surface area contributed by atoms with Gasteiger partial charge in [0.05, 0.1) is 6.54 Å². The van der Waals surface area contributed by atoms with Crippen molar-refractivity contribution in [3.63, 3.8) is 0 Å². The average Bonchev–Trinajstić information content (AvgIpc) is 2.65. The number of unbranched alkanes of at least 4 members (excludes halogenated alkanes) is 2. The first kappa shape index (κ1) is 11.2. The van der Waals surface area contributed by atoms with Crippen LogP contribution in [0.1, 0.15) is 33.1 Å². The average molecular weight is 195 g/mol. The van der Waals surface area contributed by atoms with E-state index in [2.05, 4.69) is 24.3 Å². The van der Waals surface area contributed by atoms with Crippen molar-refractivity contribution in [2.24, 2.45) is 0 Å². The Morgan fingerprint density at radius 2 is 2.29 bits per heavy atom. The molecule has 3 nitrogen and oxygen atoms in total. The van der Waals surface area contributed by atoms with Crippen LogP contribution in [0, 0.1) is 0 Å². The molecule has 0 bridgehead atoms. The van der Waals surface area contributed by atoms with E-state index in [0.717, 1.165) is 13.1 Å². The van der Waals surface area contributed by atoms with Gasteiger partial charge in [0.2, 0.25) is 0 Å². The van der Waals surface area contributed by atoms with Gasteiger partial charge in [0.15, 0.2) is 0 Å². The molecule has 0 spiro atoms. The third-order valence-corrected chi connectivity index (χ3v) is 2.29. The summed E-state index contributed by atoms with van der Waals surface area (Å²) in [6.07, 6.45) is 7.71. The minimum absolute atomic E-state index is 0.506. The smallest absolute Gasteiger partial charge is 0.0559 e. The van der Waals surface area contributed by atoms with Crippen molar-refractivity contribution in [3.8, 4) is 0 Å². The number of aromatic nitrogens is 2. The summed E-state index contributed by atoms with van der Waals surface area (Å²) >= 11 is 0. The molecule has 0 radical (unpaired) electrons. The molecule has 1 N–H and O–H groups in total. The maximum absolute atomic E-state index is 4.18. The predicted molar refractivity (Wildman–Crippen MR) is 59.2 cm³/mol. The predicted octanol–water partition coefficient (Wildman–Crippen LogP) is 2.05. The lowest BCUT2D eigenvalue weighted by Crippen LogP contribution is -2.31. The summed E-state index contributed by atoms with van der Waals surface area (Å²) in [6, 6.07) is 2.47. The lowest BCUT2D eigenvalue weighted by atomic mass is 10.2. The van der Waals surface area contributed by atoms with E-state index in [1.165, 1.54) is 19.3 Å². The highest BCUT2D eigenvalue weighted by atomic mass is 15.3. The molecule has 0 amide bonds. The lowest BCUT2D eigenvalue weighted by Gasteiger charge is -2.13. The summed E-state index contributed by atoms with van der Waals surface area (Å²) in [7, 11) is 0. The summed E-state index contributed by atoms with van der Waals surface area (Å²) in [6.45, 7) is 6.51. The zero-order chi connectivity index (χ0) is 10.2. The van der Waals surface area contributed by atoms with Crippen LogP contribution in [0.15, 0.2) is 18.5 Å². The Bertz CT molecular complexity index is 218. The van der Waals surface area contributed by atoms with Crippen molar-refractivity contribution in [1.29, 1.82) is 0 Å². The molecular weight excluding hydrogens is 174 g/mol. The van der Waals surface area contributed by atoms with E-state index in [1.54, 1.807) is 0 Å². The van der Waals surface area contributed by atoms with Gasteiger partial charge in [0.25, 0.3) is 0 Å². The Hall–Kier alpha value is -0.830. The standard InChI is InChI=1S/C11H21N3/c1-3-4-5-7-12-11(2)10-14-9-6-8-13-14/h6,8-9,11-12H,3-5,7,10H2,1-2H3. The third kappa shape index (κ3) is 4.42. The fraction of sp³-hybridized carbons (Fsp3) is 0.727. The van der Waals surface area contributed by atoms with Crippen molar-refractivity contribution in [3.05, 3.63) is 18.5 Å². The topological polar surface area (TPSA) is 29.9 Å². The highest BCUT2D eigenvalue weighted by Crippen LogP contribution is 1.94. The Labute approximate surface area is 86.5 Å². The van der Waals surface area contributed by atoms with Gasteiger partial charge in [0.1, 0.15) is 0 Å². The summed E-state index contributed by atoms with van der Waals surface area (Å²) in [5.41, 5.74) is 0. The van der Waals surface area contributed by atoms with Gasteiger partial charge in [-0.3, -0.25) is 4.68 Å². The Kier molecular flexibility index (Phi) is 5.30. The molecule has 1 atom stereocenters. The van der Waals surface area contributed by atoms with Gasteiger partial charge in [0, 0.05) is 18.4 Å². The van der Waals surface area contributed by atoms with Crippen molar-refractivity contribution in [1.82, 2.24) is 15.1 Å². The Morgan fingerprint density at radius 3 is 2.93 bits per heavy atom. The van der Waals surface area contributed by atoms with E-state index in [-0.39, 0.29) is 0 Å². The van der Waals surface area contributed by atoms with Crippen LogP contribution < -0.4 is 5.32 Å². The van der Waals surface area contributed by atoms with Gasteiger partial charge in [-0.25, -0.2) is 0 Å². The van der Waals surface area contributed by atoms with Gasteiger partial charge in [-0.05, 0) is 26.0 Å². The van der Waals surface area contributed by atoms with E-state index in [0.29, 0.717) is 6.04 Å². The van der Waals surface area contributed by atoms with Gasteiger partial charge in [-0.2, -0.15) is 5.10 Å². The van der Waals surface area contributed by atoms with Crippen LogP contribution >= 0.6 is 0 Å². The summed E-state index contributed by atoms with van der Waals surface area (Å²) in [5.74, 6) is 0. The minimum Gasteiger partial charge on any atom is -0.312 e. The number of hydrogen-bond donors (Lipinski definition) is 1. The van der Waals surface area contributed by atoms with Crippen molar-refractivity contribution in [2.45, 2.75) is 45.7 Å². The summed E-state index contributed by atoms with van der Waals surface area (Å²) in [4.78, 5) is 0. The van der Waals surface area contributed by atoms with Crippen molar-refractivity contribution in [2.75, 3.05) is 6.54 Å². The molecule has 1 rings (SSSR count). The molecule has 80 valence electrons. The zero-order valence-corrected chi connectivity index (χ0v) is 9.24. The second kappa shape index (κ2) is 6.60.